The largest absolute Gasteiger partial charge is 0.455 e. The standard InChI is InChI=1S/C21H23F2NO4/c1-3-14(2)19(15-9-5-4-6-10-15)20(26)27-13-18(25)24-16-11-7-8-12-17(16)28-21(22)23/h4-12,14,19,21H,3,13H2,1-2H3,(H,24,25)/t14-,19+/m0/s1. The summed E-state index contributed by atoms with van der Waals surface area (Å²) in [6, 6.07) is 15.0. The van der Waals surface area contributed by atoms with Crippen LogP contribution in [0.2, 0.25) is 0 Å². The highest BCUT2D eigenvalue weighted by Crippen LogP contribution is 2.28. The van der Waals surface area contributed by atoms with Crippen molar-refractivity contribution in [3.8, 4) is 5.75 Å². The van der Waals surface area contributed by atoms with Gasteiger partial charge in [-0.25, -0.2) is 0 Å². The van der Waals surface area contributed by atoms with Gasteiger partial charge in [-0.2, -0.15) is 8.78 Å². The first-order chi connectivity index (χ1) is 13.4. The van der Waals surface area contributed by atoms with Crippen LogP contribution in [0.25, 0.3) is 0 Å². The molecule has 2 aromatic rings. The molecule has 28 heavy (non-hydrogen) atoms. The Morgan fingerprint density at radius 2 is 1.68 bits per heavy atom. The first kappa shape index (κ1) is 21.3. The summed E-state index contributed by atoms with van der Waals surface area (Å²) in [4.78, 5) is 24.7. The number of ether oxygens (including phenoxy) is 2. The van der Waals surface area contributed by atoms with Crippen LogP contribution in [0, 0.1) is 5.92 Å². The van der Waals surface area contributed by atoms with Crippen molar-refractivity contribution in [2.75, 3.05) is 11.9 Å². The molecule has 7 heteroatoms. The van der Waals surface area contributed by atoms with E-state index < -0.39 is 31.0 Å². The van der Waals surface area contributed by atoms with E-state index in [0.717, 1.165) is 12.0 Å². The van der Waals surface area contributed by atoms with E-state index in [-0.39, 0.29) is 17.4 Å². The number of para-hydroxylation sites is 2. The van der Waals surface area contributed by atoms with Crippen molar-refractivity contribution in [2.45, 2.75) is 32.8 Å². The summed E-state index contributed by atoms with van der Waals surface area (Å²) in [5.41, 5.74) is 0.892. The highest BCUT2D eigenvalue weighted by Gasteiger charge is 2.27. The number of amides is 1. The Hall–Kier alpha value is -2.96. The van der Waals surface area contributed by atoms with Crippen molar-refractivity contribution in [2.24, 2.45) is 5.92 Å². The zero-order valence-electron chi connectivity index (χ0n) is 15.7. The van der Waals surface area contributed by atoms with Gasteiger partial charge in [0.25, 0.3) is 5.91 Å². The molecule has 0 aliphatic heterocycles. The molecule has 5 nitrogen and oxygen atoms in total. The average molecular weight is 391 g/mol. The van der Waals surface area contributed by atoms with Crippen molar-refractivity contribution in [1.29, 1.82) is 0 Å². The molecule has 2 atom stereocenters. The fraction of sp³-hybridized carbons (Fsp3) is 0.333. The zero-order valence-corrected chi connectivity index (χ0v) is 15.7. The monoisotopic (exact) mass is 391 g/mol. The van der Waals surface area contributed by atoms with Crippen LogP contribution in [0.15, 0.2) is 54.6 Å². The minimum Gasteiger partial charge on any atom is -0.455 e. The van der Waals surface area contributed by atoms with E-state index >= 15 is 0 Å². The molecule has 0 aliphatic carbocycles. The van der Waals surface area contributed by atoms with Crippen LogP contribution in [-0.4, -0.2) is 25.1 Å². The zero-order chi connectivity index (χ0) is 20.5. The quantitative estimate of drug-likeness (QED) is 0.635. The number of alkyl halides is 2. The van der Waals surface area contributed by atoms with Gasteiger partial charge < -0.3 is 14.8 Å². The molecule has 0 heterocycles. The fourth-order valence-corrected chi connectivity index (χ4v) is 2.77. The smallest absolute Gasteiger partial charge is 0.387 e. The summed E-state index contributed by atoms with van der Waals surface area (Å²) in [6.45, 7) is 0.372. The summed E-state index contributed by atoms with van der Waals surface area (Å²) < 4.78 is 34.4. The van der Waals surface area contributed by atoms with E-state index in [2.05, 4.69) is 10.1 Å². The highest BCUT2D eigenvalue weighted by molar-refractivity contribution is 5.94. The molecule has 2 rings (SSSR count). The number of halogens is 2. The van der Waals surface area contributed by atoms with Gasteiger partial charge in [0.2, 0.25) is 0 Å². The van der Waals surface area contributed by atoms with E-state index in [4.69, 9.17) is 4.74 Å². The number of benzene rings is 2. The molecule has 0 saturated carbocycles. The Labute approximate surface area is 162 Å². The molecule has 0 spiro atoms. The molecule has 0 saturated heterocycles. The first-order valence-corrected chi connectivity index (χ1v) is 8.97. The lowest BCUT2D eigenvalue weighted by Crippen LogP contribution is -2.27. The number of nitrogens with one attached hydrogen (secondary N) is 1. The normalized spacial score (nSPS) is 12.9. The molecule has 1 N–H and O–H groups in total. The number of carbonyl (C=O) groups excluding carboxylic acids is 2. The molecular formula is C21H23F2NO4. The summed E-state index contributed by atoms with van der Waals surface area (Å²) in [5, 5.41) is 2.42. The lowest BCUT2D eigenvalue weighted by Gasteiger charge is -2.21. The Balaban J connectivity index is 2.00. The van der Waals surface area contributed by atoms with E-state index in [1.54, 1.807) is 6.07 Å². The lowest BCUT2D eigenvalue weighted by atomic mass is 9.86. The maximum absolute atomic E-state index is 12.6. The molecule has 2 aromatic carbocycles. The molecular weight excluding hydrogens is 368 g/mol. The molecule has 0 aromatic heterocycles. The maximum atomic E-state index is 12.6. The van der Waals surface area contributed by atoms with Gasteiger partial charge in [0.15, 0.2) is 6.61 Å². The van der Waals surface area contributed by atoms with Crippen LogP contribution in [0.1, 0.15) is 31.7 Å². The number of hydrogen-bond donors (Lipinski definition) is 1. The third-order valence-electron chi connectivity index (χ3n) is 4.35. The third-order valence-corrected chi connectivity index (χ3v) is 4.35. The number of carbonyl (C=O) groups is 2. The Morgan fingerprint density at radius 1 is 1.04 bits per heavy atom. The second-order valence-corrected chi connectivity index (χ2v) is 6.30. The van der Waals surface area contributed by atoms with Crippen molar-refractivity contribution >= 4 is 17.6 Å². The average Bonchev–Trinajstić information content (AvgIpc) is 2.68. The van der Waals surface area contributed by atoms with Crippen LogP contribution >= 0.6 is 0 Å². The van der Waals surface area contributed by atoms with Crippen LogP contribution in [-0.2, 0) is 14.3 Å². The number of esters is 1. The van der Waals surface area contributed by atoms with Gasteiger partial charge in [-0.1, -0.05) is 62.7 Å². The van der Waals surface area contributed by atoms with Crippen LogP contribution in [0.3, 0.4) is 0 Å². The van der Waals surface area contributed by atoms with Crippen molar-refractivity contribution in [3.63, 3.8) is 0 Å². The molecule has 0 fully saturated rings. The predicted octanol–water partition coefficient (Wildman–Crippen LogP) is 4.60. The Morgan fingerprint density at radius 3 is 2.32 bits per heavy atom. The molecule has 0 unspecified atom stereocenters. The van der Waals surface area contributed by atoms with E-state index in [1.807, 2.05) is 44.2 Å². The van der Waals surface area contributed by atoms with Crippen molar-refractivity contribution in [1.82, 2.24) is 0 Å². The second kappa shape index (κ2) is 10.4. The molecule has 0 bridgehead atoms. The Bertz CT molecular complexity index is 783. The van der Waals surface area contributed by atoms with Gasteiger partial charge >= 0.3 is 12.6 Å². The van der Waals surface area contributed by atoms with Crippen LogP contribution in [0.5, 0.6) is 5.75 Å². The summed E-state index contributed by atoms with van der Waals surface area (Å²) in [6.07, 6.45) is 0.763. The number of rotatable bonds is 9. The lowest BCUT2D eigenvalue weighted by molar-refractivity contribution is -0.150. The molecule has 0 aliphatic rings. The fourth-order valence-electron chi connectivity index (χ4n) is 2.77. The topological polar surface area (TPSA) is 64.6 Å². The Kier molecular flexibility index (Phi) is 7.92. The van der Waals surface area contributed by atoms with Gasteiger partial charge in [-0.15, -0.1) is 0 Å². The molecule has 1 amide bonds. The molecule has 150 valence electrons. The van der Waals surface area contributed by atoms with Crippen LogP contribution < -0.4 is 10.1 Å². The summed E-state index contributed by atoms with van der Waals surface area (Å²) in [7, 11) is 0. The highest BCUT2D eigenvalue weighted by atomic mass is 19.3. The van der Waals surface area contributed by atoms with Gasteiger partial charge in [0.1, 0.15) is 5.75 Å². The minimum atomic E-state index is -3.02. The predicted molar refractivity (Wildman–Crippen MR) is 101 cm³/mol. The van der Waals surface area contributed by atoms with E-state index in [9.17, 15) is 18.4 Å². The minimum absolute atomic E-state index is 0.0260. The third kappa shape index (κ3) is 6.04. The van der Waals surface area contributed by atoms with Gasteiger partial charge in [-0.3, -0.25) is 9.59 Å². The van der Waals surface area contributed by atoms with Gasteiger partial charge in [0.05, 0.1) is 11.6 Å². The SMILES string of the molecule is CC[C@H](C)[C@@H](C(=O)OCC(=O)Nc1ccccc1OC(F)F)c1ccccc1. The number of hydrogen-bond acceptors (Lipinski definition) is 4. The van der Waals surface area contributed by atoms with Gasteiger partial charge in [0, 0.05) is 0 Å². The summed E-state index contributed by atoms with van der Waals surface area (Å²) in [5.74, 6) is -1.78. The second-order valence-electron chi connectivity index (χ2n) is 6.30. The number of anilines is 1. The molecule has 0 radical (unpaired) electrons. The maximum Gasteiger partial charge on any atom is 0.387 e. The van der Waals surface area contributed by atoms with Crippen molar-refractivity contribution in [3.05, 3.63) is 60.2 Å². The first-order valence-electron chi connectivity index (χ1n) is 8.97. The van der Waals surface area contributed by atoms with Crippen LogP contribution in [0.4, 0.5) is 14.5 Å². The van der Waals surface area contributed by atoms with Crippen molar-refractivity contribution < 1.29 is 27.8 Å². The van der Waals surface area contributed by atoms with E-state index in [1.165, 1.54) is 18.2 Å². The summed E-state index contributed by atoms with van der Waals surface area (Å²) >= 11 is 0. The van der Waals surface area contributed by atoms with E-state index in [0.29, 0.717) is 0 Å². The van der Waals surface area contributed by atoms with Gasteiger partial charge in [-0.05, 0) is 23.6 Å².